The molecule has 0 aliphatic carbocycles. The Kier molecular flexibility index (Phi) is 7.35. The molecule has 5 nitrogen and oxygen atoms in total. The van der Waals surface area contributed by atoms with E-state index in [0.717, 1.165) is 32.6 Å². The molecule has 0 aromatic heterocycles. The first-order valence-corrected chi connectivity index (χ1v) is 11.3. The number of nitrogens with zero attached hydrogens (tertiary/aromatic N) is 2. The van der Waals surface area contributed by atoms with Gasteiger partial charge in [-0.05, 0) is 48.1 Å². The van der Waals surface area contributed by atoms with E-state index in [9.17, 15) is 4.79 Å². The van der Waals surface area contributed by atoms with E-state index < -0.39 is 0 Å². The number of ether oxygens (including phenoxy) is 1. The molecule has 0 atom stereocenters. The number of hydrogen-bond donors (Lipinski definition) is 1. The van der Waals surface area contributed by atoms with Crippen LogP contribution in [0, 0.1) is 0 Å². The largest absolute Gasteiger partial charge is 0.493 e. The SMILES string of the molecule is O=C(NC(=S)N1CCN(c2ccccc2)CC1)c1cccc(OCCc2ccccc2)c1. The lowest BCUT2D eigenvalue weighted by Crippen LogP contribution is -2.52. The maximum atomic E-state index is 12.7. The summed E-state index contributed by atoms with van der Waals surface area (Å²) in [5, 5.41) is 3.34. The van der Waals surface area contributed by atoms with Crippen LogP contribution in [0.2, 0.25) is 0 Å². The second-order valence-corrected chi connectivity index (χ2v) is 8.07. The molecule has 1 fully saturated rings. The number of carbonyl (C=O) groups excluding carboxylic acids is 1. The molecule has 1 saturated heterocycles. The number of thiocarbonyl (C=S) groups is 1. The lowest BCUT2D eigenvalue weighted by molar-refractivity contribution is 0.0972. The van der Waals surface area contributed by atoms with E-state index in [0.29, 0.717) is 23.0 Å². The van der Waals surface area contributed by atoms with Gasteiger partial charge in [-0.2, -0.15) is 0 Å². The van der Waals surface area contributed by atoms with Crippen molar-refractivity contribution >= 4 is 28.9 Å². The molecule has 0 bridgehead atoms. The van der Waals surface area contributed by atoms with Crippen LogP contribution in [0.25, 0.3) is 0 Å². The van der Waals surface area contributed by atoms with Crippen LogP contribution >= 0.6 is 12.2 Å². The first-order valence-electron chi connectivity index (χ1n) is 10.9. The zero-order chi connectivity index (χ0) is 22.2. The van der Waals surface area contributed by atoms with Gasteiger partial charge in [0.2, 0.25) is 0 Å². The third-order valence-corrected chi connectivity index (χ3v) is 5.87. The molecule has 0 spiro atoms. The maximum Gasteiger partial charge on any atom is 0.257 e. The number of hydrogen-bond acceptors (Lipinski definition) is 4. The van der Waals surface area contributed by atoms with E-state index >= 15 is 0 Å². The Labute approximate surface area is 194 Å². The molecular formula is C26H27N3O2S. The summed E-state index contributed by atoms with van der Waals surface area (Å²) in [6.45, 7) is 3.84. The standard InChI is InChI=1S/C26H27N3O2S/c30-25(22-10-7-13-24(20-22)31-19-14-21-8-3-1-4-9-21)27-26(32)29-17-15-28(16-18-29)23-11-5-2-6-12-23/h1-13,20H,14-19H2,(H,27,30,32). The molecule has 6 heteroatoms. The summed E-state index contributed by atoms with van der Waals surface area (Å²) in [5.41, 5.74) is 2.97. The summed E-state index contributed by atoms with van der Waals surface area (Å²) in [6.07, 6.45) is 0.816. The van der Waals surface area contributed by atoms with E-state index in [-0.39, 0.29) is 5.91 Å². The van der Waals surface area contributed by atoms with Crippen molar-refractivity contribution in [3.8, 4) is 5.75 Å². The highest BCUT2D eigenvalue weighted by molar-refractivity contribution is 7.80. The third-order valence-electron chi connectivity index (χ3n) is 5.51. The van der Waals surface area contributed by atoms with E-state index in [1.807, 2.05) is 53.4 Å². The average Bonchev–Trinajstić information content (AvgIpc) is 2.85. The molecule has 3 aromatic carbocycles. The van der Waals surface area contributed by atoms with Gasteiger partial charge < -0.3 is 14.5 Å². The van der Waals surface area contributed by atoms with Gasteiger partial charge in [0.25, 0.3) is 5.91 Å². The first kappa shape index (κ1) is 21.8. The minimum absolute atomic E-state index is 0.214. The summed E-state index contributed by atoms with van der Waals surface area (Å²) in [7, 11) is 0. The zero-order valence-corrected chi connectivity index (χ0v) is 18.8. The number of rotatable bonds is 6. The molecule has 1 heterocycles. The first-order chi connectivity index (χ1) is 15.7. The van der Waals surface area contributed by atoms with Gasteiger partial charge in [-0.15, -0.1) is 0 Å². The Bertz CT molecular complexity index is 1040. The highest BCUT2D eigenvalue weighted by Gasteiger charge is 2.20. The molecule has 3 aromatic rings. The third kappa shape index (κ3) is 5.86. The molecule has 1 N–H and O–H groups in total. The van der Waals surface area contributed by atoms with Crippen LogP contribution in [0.1, 0.15) is 15.9 Å². The van der Waals surface area contributed by atoms with Gasteiger partial charge in [0.05, 0.1) is 6.61 Å². The maximum absolute atomic E-state index is 12.7. The van der Waals surface area contributed by atoms with Crippen molar-refractivity contribution in [2.45, 2.75) is 6.42 Å². The fourth-order valence-corrected chi connectivity index (χ4v) is 3.99. The van der Waals surface area contributed by atoms with Crippen molar-refractivity contribution in [1.82, 2.24) is 10.2 Å². The Morgan fingerprint density at radius 2 is 1.56 bits per heavy atom. The number of piperazine rings is 1. The van der Waals surface area contributed by atoms with Crippen molar-refractivity contribution < 1.29 is 9.53 Å². The number of benzene rings is 3. The summed E-state index contributed by atoms with van der Waals surface area (Å²) >= 11 is 5.51. The van der Waals surface area contributed by atoms with Crippen molar-refractivity contribution in [3.05, 3.63) is 96.1 Å². The Morgan fingerprint density at radius 1 is 0.875 bits per heavy atom. The number of anilines is 1. The highest BCUT2D eigenvalue weighted by Crippen LogP contribution is 2.16. The van der Waals surface area contributed by atoms with Crippen LogP contribution in [0.15, 0.2) is 84.9 Å². The summed E-state index contributed by atoms with van der Waals surface area (Å²) in [4.78, 5) is 17.1. The normalized spacial score (nSPS) is 13.5. The molecule has 1 amide bonds. The Morgan fingerprint density at radius 3 is 2.28 bits per heavy atom. The van der Waals surface area contributed by atoms with E-state index in [2.05, 4.69) is 34.5 Å². The van der Waals surface area contributed by atoms with Crippen molar-refractivity contribution in [1.29, 1.82) is 0 Å². The molecule has 4 rings (SSSR count). The van der Waals surface area contributed by atoms with Crippen molar-refractivity contribution in [2.75, 3.05) is 37.7 Å². The lowest BCUT2D eigenvalue weighted by Gasteiger charge is -2.37. The van der Waals surface area contributed by atoms with Crippen LogP contribution in [-0.2, 0) is 6.42 Å². The highest BCUT2D eigenvalue weighted by atomic mass is 32.1. The quantitative estimate of drug-likeness (QED) is 0.578. The Hall–Kier alpha value is -3.38. The van der Waals surface area contributed by atoms with Crippen LogP contribution in [-0.4, -0.2) is 48.7 Å². The number of para-hydroxylation sites is 1. The molecule has 1 aliphatic rings. The fourth-order valence-electron chi connectivity index (χ4n) is 3.71. The molecule has 32 heavy (non-hydrogen) atoms. The predicted molar refractivity (Wildman–Crippen MR) is 132 cm³/mol. The van der Waals surface area contributed by atoms with Crippen LogP contribution in [0.5, 0.6) is 5.75 Å². The summed E-state index contributed by atoms with van der Waals surface area (Å²) in [6, 6.07) is 27.8. The van der Waals surface area contributed by atoms with Crippen LogP contribution < -0.4 is 15.0 Å². The van der Waals surface area contributed by atoms with Crippen molar-refractivity contribution in [3.63, 3.8) is 0 Å². The Balaban J connectivity index is 1.26. The van der Waals surface area contributed by atoms with Crippen LogP contribution in [0.3, 0.4) is 0 Å². The fraction of sp³-hybridized carbons (Fsp3) is 0.231. The molecule has 164 valence electrons. The van der Waals surface area contributed by atoms with Gasteiger partial charge >= 0.3 is 0 Å². The van der Waals surface area contributed by atoms with Crippen molar-refractivity contribution in [2.24, 2.45) is 0 Å². The van der Waals surface area contributed by atoms with Gasteiger partial charge in [0.15, 0.2) is 5.11 Å². The van der Waals surface area contributed by atoms with E-state index in [1.165, 1.54) is 11.3 Å². The monoisotopic (exact) mass is 445 g/mol. The lowest BCUT2D eigenvalue weighted by atomic mass is 10.2. The number of nitrogens with one attached hydrogen (secondary N) is 1. The minimum atomic E-state index is -0.214. The van der Waals surface area contributed by atoms with Gasteiger partial charge in [-0.1, -0.05) is 54.6 Å². The van der Waals surface area contributed by atoms with Gasteiger partial charge in [0, 0.05) is 43.9 Å². The second-order valence-electron chi connectivity index (χ2n) is 7.68. The van der Waals surface area contributed by atoms with Gasteiger partial charge in [-0.3, -0.25) is 10.1 Å². The van der Waals surface area contributed by atoms with Crippen LogP contribution in [0.4, 0.5) is 5.69 Å². The summed E-state index contributed by atoms with van der Waals surface area (Å²) in [5.74, 6) is 0.463. The molecular weight excluding hydrogens is 418 g/mol. The van der Waals surface area contributed by atoms with Gasteiger partial charge in [0.1, 0.15) is 5.75 Å². The predicted octanol–water partition coefficient (Wildman–Crippen LogP) is 4.15. The molecule has 0 saturated carbocycles. The molecule has 0 radical (unpaired) electrons. The molecule has 1 aliphatic heterocycles. The van der Waals surface area contributed by atoms with E-state index in [1.54, 1.807) is 12.1 Å². The second kappa shape index (κ2) is 10.8. The zero-order valence-electron chi connectivity index (χ0n) is 17.9. The summed E-state index contributed by atoms with van der Waals surface area (Å²) < 4.78 is 5.85. The number of amides is 1. The minimum Gasteiger partial charge on any atom is -0.493 e. The van der Waals surface area contributed by atoms with Gasteiger partial charge in [-0.25, -0.2) is 0 Å². The number of carbonyl (C=O) groups is 1. The smallest absolute Gasteiger partial charge is 0.257 e. The topological polar surface area (TPSA) is 44.8 Å². The average molecular weight is 446 g/mol. The van der Waals surface area contributed by atoms with E-state index in [4.69, 9.17) is 17.0 Å². The molecule has 0 unspecified atom stereocenters.